The van der Waals surface area contributed by atoms with Crippen molar-refractivity contribution in [2.75, 3.05) is 5.75 Å². The lowest BCUT2D eigenvalue weighted by Crippen LogP contribution is -2.46. The van der Waals surface area contributed by atoms with Crippen molar-refractivity contribution in [3.63, 3.8) is 0 Å². The van der Waals surface area contributed by atoms with Gasteiger partial charge in [-0.05, 0) is 43.0 Å². The van der Waals surface area contributed by atoms with Crippen LogP contribution < -0.4 is 0 Å². The van der Waals surface area contributed by atoms with Crippen LogP contribution in [-0.2, 0) is 4.79 Å². The Bertz CT molecular complexity index is 541. The Labute approximate surface area is 120 Å². The van der Waals surface area contributed by atoms with Crippen molar-refractivity contribution in [1.29, 1.82) is 0 Å². The molecule has 1 saturated heterocycles. The number of carboxylic acid groups (broad SMARTS) is 1. The van der Waals surface area contributed by atoms with Gasteiger partial charge in [-0.1, -0.05) is 0 Å². The van der Waals surface area contributed by atoms with E-state index in [1.807, 2.05) is 0 Å². The van der Waals surface area contributed by atoms with Crippen LogP contribution in [0.4, 0.5) is 0 Å². The van der Waals surface area contributed by atoms with Crippen molar-refractivity contribution in [3.8, 4) is 5.75 Å². The van der Waals surface area contributed by atoms with Crippen molar-refractivity contribution in [1.82, 2.24) is 4.90 Å². The fourth-order valence-electron chi connectivity index (χ4n) is 2.47. The van der Waals surface area contributed by atoms with Crippen LogP contribution in [0.15, 0.2) is 24.3 Å². The van der Waals surface area contributed by atoms with Gasteiger partial charge in [0.05, 0.1) is 5.37 Å². The predicted molar refractivity (Wildman–Crippen MR) is 74.7 cm³/mol. The molecule has 5 nitrogen and oxygen atoms in total. The fourth-order valence-corrected chi connectivity index (χ4v) is 4.10. The summed E-state index contributed by atoms with van der Waals surface area (Å²) in [4.78, 5) is 25.4. The summed E-state index contributed by atoms with van der Waals surface area (Å²) in [5.74, 6) is -0.260. The third-order valence-electron chi connectivity index (χ3n) is 3.69. The molecule has 1 amide bonds. The molecule has 6 heteroatoms. The number of aromatic hydroxyl groups is 1. The van der Waals surface area contributed by atoms with Gasteiger partial charge >= 0.3 is 5.97 Å². The highest BCUT2D eigenvalue weighted by molar-refractivity contribution is 8.00. The molecular weight excluding hydrogens is 278 g/mol. The second-order valence-electron chi connectivity index (χ2n) is 5.17. The normalized spacial score (nSPS) is 25.7. The predicted octanol–water partition coefficient (Wildman–Crippen LogP) is 1.77. The molecule has 1 aliphatic carbocycles. The van der Waals surface area contributed by atoms with Crippen LogP contribution in [0.25, 0.3) is 0 Å². The first-order chi connectivity index (χ1) is 9.58. The summed E-state index contributed by atoms with van der Waals surface area (Å²) >= 11 is 1.56. The number of benzene rings is 1. The van der Waals surface area contributed by atoms with Gasteiger partial charge in [0.1, 0.15) is 11.8 Å². The molecule has 1 saturated carbocycles. The van der Waals surface area contributed by atoms with Gasteiger partial charge in [0.2, 0.25) is 0 Å². The highest BCUT2D eigenvalue weighted by Gasteiger charge is 2.48. The molecule has 2 fully saturated rings. The SMILES string of the molecule is O=C(O)C1CSC(C2CC2)N1C(=O)c1ccc(O)cc1. The van der Waals surface area contributed by atoms with E-state index < -0.39 is 12.0 Å². The number of aliphatic carboxylic acids is 1. The minimum absolute atomic E-state index is 0.0302. The molecule has 2 aliphatic rings. The quantitative estimate of drug-likeness (QED) is 0.888. The van der Waals surface area contributed by atoms with Crippen LogP contribution >= 0.6 is 11.8 Å². The number of hydrogen-bond acceptors (Lipinski definition) is 4. The maximum atomic E-state index is 12.6. The van der Waals surface area contributed by atoms with Crippen LogP contribution in [0.3, 0.4) is 0 Å². The van der Waals surface area contributed by atoms with Gasteiger partial charge in [-0.2, -0.15) is 0 Å². The molecule has 106 valence electrons. The maximum absolute atomic E-state index is 12.6. The van der Waals surface area contributed by atoms with E-state index in [0.29, 0.717) is 17.2 Å². The molecular formula is C14H15NO4S. The van der Waals surface area contributed by atoms with Crippen molar-refractivity contribution >= 4 is 23.6 Å². The second kappa shape index (κ2) is 5.01. The summed E-state index contributed by atoms with van der Waals surface area (Å²) in [7, 11) is 0. The largest absolute Gasteiger partial charge is 0.508 e. The average Bonchev–Trinajstić information content (AvgIpc) is 3.17. The molecule has 2 atom stereocenters. The minimum Gasteiger partial charge on any atom is -0.508 e. The molecule has 0 bridgehead atoms. The number of hydrogen-bond donors (Lipinski definition) is 2. The van der Waals surface area contributed by atoms with E-state index in [0.717, 1.165) is 12.8 Å². The summed E-state index contributed by atoms with van der Waals surface area (Å²) in [6, 6.07) is 5.19. The number of carbonyl (C=O) groups excluding carboxylic acids is 1. The lowest BCUT2D eigenvalue weighted by molar-refractivity contribution is -0.141. The Morgan fingerprint density at radius 3 is 2.40 bits per heavy atom. The summed E-state index contributed by atoms with van der Waals surface area (Å²) in [5.41, 5.74) is 0.419. The van der Waals surface area contributed by atoms with Crippen LogP contribution in [0.2, 0.25) is 0 Å². The molecule has 0 radical (unpaired) electrons. The van der Waals surface area contributed by atoms with Crippen molar-refractivity contribution in [3.05, 3.63) is 29.8 Å². The number of carboxylic acids is 1. The fraction of sp³-hybridized carbons (Fsp3) is 0.429. The minimum atomic E-state index is -0.951. The molecule has 0 spiro atoms. The van der Waals surface area contributed by atoms with E-state index in [-0.39, 0.29) is 17.0 Å². The first-order valence-electron chi connectivity index (χ1n) is 6.54. The first kappa shape index (κ1) is 13.3. The van der Waals surface area contributed by atoms with Crippen LogP contribution in [0.5, 0.6) is 5.75 Å². The lowest BCUT2D eigenvalue weighted by atomic mass is 10.1. The van der Waals surface area contributed by atoms with E-state index >= 15 is 0 Å². The molecule has 1 aromatic rings. The maximum Gasteiger partial charge on any atom is 0.327 e. The number of amides is 1. The highest BCUT2D eigenvalue weighted by atomic mass is 32.2. The Hall–Kier alpha value is -1.69. The van der Waals surface area contributed by atoms with Crippen molar-refractivity contribution in [2.24, 2.45) is 5.92 Å². The van der Waals surface area contributed by atoms with Gasteiger partial charge < -0.3 is 15.1 Å². The summed E-state index contributed by atoms with van der Waals surface area (Å²) in [5, 5.41) is 18.5. The highest BCUT2D eigenvalue weighted by Crippen LogP contribution is 2.45. The van der Waals surface area contributed by atoms with Gasteiger partial charge in [-0.25, -0.2) is 4.79 Å². The lowest BCUT2D eigenvalue weighted by Gasteiger charge is -2.27. The molecule has 1 heterocycles. The summed E-state index contributed by atoms with van der Waals surface area (Å²) < 4.78 is 0. The van der Waals surface area contributed by atoms with Crippen LogP contribution in [0.1, 0.15) is 23.2 Å². The van der Waals surface area contributed by atoms with Gasteiger partial charge in [0.15, 0.2) is 0 Å². The van der Waals surface area contributed by atoms with E-state index in [4.69, 9.17) is 0 Å². The van der Waals surface area contributed by atoms with Gasteiger partial charge in [0.25, 0.3) is 5.91 Å². The Morgan fingerprint density at radius 1 is 1.20 bits per heavy atom. The van der Waals surface area contributed by atoms with Crippen LogP contribution in [-0.4, -0.2) is 44.2 Å². The Balaban J connectivity index is 1.88. The third-order valence-corrected chi connectivity index (χ3v) is 5.16. The molecule has 1 aromatic carbocycles. The van der Waals surface area contributed by atoms with Gasteiger partial charge in [-0.15, -0.1) is 11.8 Å². The second-order valence-corrected chi connectivity index (χ2v) is 6.32. The van der Waals surface area contributed by atoms with E-state index in [1.54, 1.807) is 11.8 Å². The Morgan fingerprint density at radius 2 is 1.85 bits per heavy atom. The van der Waals surface area contributed by atoms with Crippen LogP contribution in [0, 0.1) is 5.92 Å². The van der Waals surface area contributed by atoms with Crippen molar-refractivity contribution < 1.29 is 19.8 Å². The van der Waals surface area contributed by atoms with Gasteiger partial charge in [0, 0.05) is 11.3 Å². The summed E-state index contributed by atoms with van der Waals surface area (Å²) in [6.07, 6.45) is 2.12. The molecule has 20 heavy (non-hydrogen) atoms. The standard InChI is InChI=1S/C14H15NO4S/c16-10-5-3-8(4-6-10)12(17)15-11(14(18)19)7-20-13(15)9-1-2-9/h3-6,9,11,13,16H,1-2,7H2,(H,18,19). The molecule has 3 rings (SSSR count). The topological polar surface area (TPSA) is 77.8 Å². The zero-order valence-electron chi connectivity index (χ0n) is 10.7. The molecule has 0 aromatic heterocycles. The number of phenolic OH excluding ortho intramolecular Hbond substituents is 1. The third kappa shape index (κ3) is 2.35. The average molecular weight is 293 g/mol. The smallest absolute Gasteiger partial charge is 0.327 e. The Kier molecular flexibility index (Phi) is 3.33. The van der Waals surface area contributed by atoms with Crippen molar-refractivity contribution in [2.45, 2.75) is 24.3 Å². The molecule has 1 aliphatic heterocycles. The zero-order valence-corrected chi connectivity index (χ0v) is 11.5. The molecule has 2 N–H and O–H groups in total. The number of phenols is 1. The van der Waals surface area contributed by atoms with E-state index in [2.05, 4.69) is 0 Å². The number of rotatable bonds is 3. The number of carbonyl (C=O) groups is 2. The van der Waals surface area contributed by atoms with E-state index in [1.165, 1.54) is 29.2 Å². The number of nitrogens with zero attached hydrogens (tertiary/aromatic N) is 1. The first-order valence-corrected chi connectivity index (χ1v) is 7.59. The zero-order chi connectivity index (χ0) is 14.3. The molecule has 2 unspecified atom stereocenters. The number of thioether (sulfide) groups is 1. The monoisotopic (exact) mass is 293 g/mol. The van der Waals surface area contributed by atoms with Gasteiger partial charge in [-0.3, -0.25) is 4.79 Å². The summed E-state index contributed by atoms with van der Waals surface area (Å²) in [6.45, 7) is 0. The van der Waals surface area contributed by atoms with E-state index in [9.17, 15) is 19.8 Å².